The molecule has 1 aliphatic heterocycles. The van der Waals surface area contributed by atoms with Crippen LogP contribution in [0, 0.1) is 0 Å². The number of rotatable bonds is 10. The molecule has 0 aliphatic carbocycles. The van der Waals surface area contributed by atoms with Crippen molar-refractivity contribution in [2.24, 2.45) is 0 Å². The molecule has 0 bridgehead atoms. The molecule has 4 rings (SSSR count). The summed E-state index contributed by atoms with van der Waals surface area (Å²) in [6.07, 6.45) is 1.02. The number of aliphatic hydroxyl groups excluding tert-OH is 1. The summed E-state index contributed by atoms with van der Waals surface area (Å²) in [5.74, 6) is 0.122. The second-order valence-electron chi connectivity index (χ2n) is 8.19. The number of nitrogens with zero attached hydrogens (tertiary/aromatic N) is 2. The van der Waals surface area contributed by atoms with Crippen LogP contribution in [0.1, 0.15) is 42.4 Å². The van der Waals surface area contributed by atoms with E-state index in [1.807, 2.05) is 30.3 Å². The maximum atomic E-state index is 12.2. The lowest BCUT2D eigenvalue weighted by Gasteiger charge is -2.36. The molecule has 4 N–H and O–H groups in total. The van der Waals surface area contributed by atoms with Crippen LogP contribution in [0.2, 0.25) is 0 Å². The van der Waals surface area contributed by atoms with E-state index < -0.39 is 18.3 Å². The summed E-state index contributed by atoms with van der Waals surface area (Å²) in [6.45, 7) is 1.69. The number of carbonyl (C=O) groups is 2. The SMILES string of the molecule is CCOC(=O)CNC(=O)Nc1cccc([C@H]2O[C@@H](CSc3ncn[nH]3)C[C@@H](c3ccc(CO)cc3)O2)c1. The Bertz CT molecular complexity index is 1160. The molecule has 1 aliphatic rings. The monoisotopic (exact) mass is 527 g/mol. The predicted molar refractivity (Wildman–Crippen MR) is 136 cm³/mol. The fourth-order valence-corrected chi connectivity index (χ4v) is 4.56. The Morgan fingerprint density at radius 2 is 2.03 bits per heavy atom. The highest BCUT2D eigenvalue weighted by Crippen LogP contribution is 2.39. The van der Waals surface area contributed by atoms with E-state index in [0.29, 0.717) is 23.0 Å². The molecule has 196 valence electrons. The summed E-state index contributed by atoms with van der Waals surface area (Å²) >= 11 is 1.51. The van der Waals surface area contributed by atoms with Crippen molar-refractivity contribution in [3.8, 4) is 0 Å². The number of nitrogens with one attached hydrogen (secondary N) is 3. The molecule has 3 atom stereocenters. The van der Waals surface area contributed by atoms with Crippen LogP contribution in [0.25, 0.3) is 0 Å². The molecule has 2 aromatic carbocycles. The maximum Gasteiger partial charge on any atom is 0.325 e. The second-order valence-corrected chi connectivity index (χ2v) is 9.20. The second kappa shape index (κ2) is 13.2. The van der Waals surface area contributed by atoms with Gasteiger partial charge < -0.3 is 30.0 Å². The fraction of sp³-hybridized carbons (Fsp3) is 0.360. The molecular formula is C25H29N5O6S. The van der Waals surface area contributed by atoms with Crippen molar-refractivity contribution in [3.05, 3.63) is 71.5 Å². The van der Waals surface area contributed by atoms with E-state index in [1.165, 1.54) is 18.1 Å². The smallest absolute Gasteiger partial charge is 0.325 e. The first kappa shape index (κ1) is 26.6. The number of benzene rings is 2. The number of hydrogen-bond donors (Lipinski definition) is 4. The van der Waals surface area contributed by atoms with Crippen LogP contribution in [0.4, 0.5) is 10.5 Å². The number of thioether (sulfide) groups is 1. The number of carbonyl (C=O) groups excluding carboxylic acids is 2. The summed E-state index contributed by atoms with van der Waals surface area (Å²) in [4.78, 5) is 27.9. The molecule has 0 radical (unpaired) electrons. The van der Waals surface area contributed by atoms with Gasteiger partial charge in [-0.3, -0.25) is 9.89 Å². The molecule has 0 spiro atoms. The summed E-state index contributed by atoms with van der Waals surface area (Å²) in [6, 6.07) is 14.3. The van der Waals surface area contributed by atoms with E-state index >= 15 is 0 Å². The minimum Gasteiger partial charge on any atom is -0.465 e. The van der Waals surface area contributed by atoms with E-state index in [9.17, 15) is 14.7 Å². The van der Waals surface area contributed by atoms with Gasteiger partial charge in [-0.15, -0.1) is 0 Å². The molecule has 3 aromatic rings. The zero-order valence-corrected chi connectivity index (χ0v) is 21.1. The average molecular weight is 528 g/mol. The Balaban J connectivity index is 1.46. The summed E-state index contributed by atoms with van der Waals surface area (Å²) < 4.78 is 17.5. The predicted octanol–water partition coefficient (Wildman–Crippen LogP) is 3.32. The quantitative estimate of drug-likeness (QED) is 0.230. The Kier molecular flexibility index (Phi) is 9.49. The largest absolute Gasteiger partial charge is 0.465 e. The number of anilines is 1. The van der Waals surface area contributed by atoms with Crippen molar-refractivity contribution in [1.82, 2.24) is 20.5 Å². The topological polar surface area (TPSA) is 148 Å². The molecule has 1 saturated heterocycles. The lowest BCUT2D eigenvalue weighted by Crippen LogP contribution is -2.34. The van der Waals surface area contributed by atoms with Gasteiger partial charge in [0.2, 0.25) is 0 Å². The molecule has 2 amide bonds. The molecule has 0 unspecified atom stereocenters. The van der Waals surface area contributed by atoms with E-state index in [2.05, 4.69) is 25.8 Å². The van der Waals surface area contributed by atoms with Crippen LogP contribution in [-0.4, -0.2) is 57.3 Å². The summed E-state index contributed by atoms with van der Waals surface area (Å²) in [5, 5.41) is 22.0. The number of ether oxygens (including phenoxy) is 3. The molecule has 37 heavy (non-hydrogen) atoms. The van der Waals surface area contributed by atoms with Gasteiger partial charge in [-0.2, -0.15) is 5.10 Å². The number of amides is 2. The van der Waals surface area contributed by atoms with Crippen molar-refractivity contribution >= 4 is 29.4 Å². The van der Waals surface area contributed by atoms with Crippen molar-refractivity contribution in [2.45, 2.75) is 43.6 Å². The first-order chi connectivity index (χ1) is 18.0. The molecule has 0 saturated carbocycles. The van der Waals surface area contributed by atoms with Crippen molar-refractivity contribution < 1.29 is 28.9 Å². The summed E-state index contributed by atoms with van der Waals surface area (Å²) in [7, 11) is 0. The maximum absolute atomic E-state index is 12.2. The minimum atomic E-state index is -0.680. The number of urea groups is 1. The zero-order valence-electron chi connectivity index (χ0n) is 20.3. The van der Waals surface area contributed by atoms with E-state index in [-0.39, 0.29) is 32.0 Å². The van der Waals surface area contributed by atoms with Crippen molar-refractivity contribution in [2.75, 3.05) is 24.2 Å². The van der Waals surface area contributed by atoms with Crippen LogP contribution >= 0.6 is 11.8 Å². The van der Waals surface area contributed by atoms with Gasteiger partial charge in [0.1, 0.15) is 12.9 Å². The zero-order chi connectivity index (χ0) is 26.0. The molecule has 12 heteroatoms. The fourth-order valence-electron chi connectivity index (χ4n) is 3.76. The Hall–Kier alpha value is -3.45. The van der Waals surface area contributed by atoms with E-state index in [4.69, 9.17) is 14.2 Å². The standard InChI is InChI=1S/C25H29N5O6S/c1-2-34-22(32)12-26-24(33)29-19-5-3-4-18(10-19)23-35-20(14-37-25-27-15-28-30-25)11-21(36-23)17-8-6-16(13-31)7-9-17/h3-10,15,20-21,23,31H,2,11-14H2,1H3,(H2,26,29,33)(H,27,28,30)/t20-,21+,23+/m1/s1. The van der Waals surface area contributed by atoms with Gasteiger partial charge in [0, 0.05) is 23.4 Å². The third kappa shape index (κ3) is 7.76. The lowest BCUT2D eigenvalue weighted by atomic mass is 10.0. The van der Waals surface area contributed by atoms with Gasteiger partial charge in [-0.1, -0.05) is 48.2 Å². The van der Waals surface area contributed by atoms with Crippen LogP contribution in [0.15, 0.2) is 60.0 Å². The third-order valence-corrected chi connectivity index (χ3v) is 6.54. The third-order valence-electron chi connectivity index (χ3n) is 5.53. The van der Waals surface area contributed by atoms with Gasteiger partial charge in [0.25, 0.3) is 0 Å². The first-order valence-corrected chi connectivity index (χ1v) is 12.8. The lowest BCUT2D eigenvalue weighted by molar-refractivity contribution is -0.245. The number of aliphatic hydroxyl groups is 1. The number of H-pyrrole nitrogens is 1. The van der Waals surface area contributed by atoms with Crippen LogP contribution in [0.5, 0.6) is 0 Å². The highest BCUT2D eigenvalue weighted by Gasteiger charge is 2.32. The van der Waals surface area contributed by atoms with Gasteiger partial charge in [-0.25, -0.2) is 9.78 Å². The van der Waals surface area contributed by atoms with Gasteiger partial charge in [0.05, 0.1) is 25.4 Å². The highest BCUT2D eigenvalue weighted by atomic mass is 32.2. The van der Waals surface area contributed by atoms with Gasteiger partial charge in [-0.05, 0) is 30.2 Å². The summed E-state index contributed by atoms with van der Waals surface area (Å²) in [5.41, 5.74) is 3.06. The Morgan fingerprint density at radius 3 is 2.76 bits per heavy atom. The van der Waals surface area contributed by atoms with E-state index in [0.717, 1.165) is 16.7 Å². The Labute approximate surface area is 218 Å². The van der Waals surface area contributed by atoms with E-state index in [1.54, 1.807) is 25.1 Å². The minimum absolute atomic E-state index is 0.0266. The van der Waals surface area contributed by atoms with Crippen LogP contribution in [0.3, 0.4) is 0 Å². The molecular weight excluding hydrogens is 498 g/mol. The number of aromatic nitrogens is 3. The highest BCUT2D eigenvalue weighted by molar-refractivity contribution is 7.99. The molecule has 1 aromatic heterocycles. The molecule has 2 heterocycles. The Morgan fingerprint density at radius 1 is 1.19 bits per heavy atom. The normalized spacial score (nSPS) is 19.2. The average Bonchev–Trinajstić information content (AvgIpc) is 3.45. The number of aromatic amines is 1. The first-order valence-electron chi connectivity index (χ1n) is 11.8. The van der Waals surface area contributed by atoms with Crippen molar-refractivity contribution in [3.63, 3.8) is 0 Å². The number of esters is 1. The van der Waals surface area contributed by atoms with Gasteiger partial charge >= 0.3 is 12.0 Å². The number of hydrogen-bond acceptors (Lipinski definition) is 9. The van der Waals surface area contributed by atoms with Crippen LogP contribution in [-0.2, 0) is 25.6 Å². The van der Waals surface area contributed by atoms with Gasteiger partial charge in [0.15, 0.2) is 11.4 Å². The molecule has 11 nitrogen and oxygen atoms in total. The van der Waals surface area contributed by atoms with Crippen LogP contribution < -0.4 is 10.6 Å². The van der Waals surface area contributed by atoms with Crippen molar-refractivity contribution in [1.29, 1.82) is 0 Å². The molecule has 1 fully saturated rings.